The predicted octanol–water partition coefficient (Wildman–Crippen LogP) is 2.35. The van der Waals surface area contributed by atoms with E-state index in [0.717, 1.165) is 19.3 Å². The van der Waals surface area contributed by atoms with Gasteiger partial charge >= 0.3 is 0 Å². The topological polar surface area (TPSA) is 49.3 Å². The molecule has 2 N–H and O–H groups in total. The fourth-order valence-electron chi connectivity index (χ4n) is 2.51. The molecule has 1 atom stereocenters. The fourth-order valence-corrected chi connectivity index (χ4v) is 3.22. The van der Waals surface area contributed by atoms with Gasteiger partial charge in [-0.05, 0) is 36.6 Å². The van der Waals surface area contributed by atoms with E-state index in [-0.39, 0.29) is 12.0 Å². The van der Waals surface area contributed by atoms with Crippen LogP contribution in [0.15, 0.2) is 17.5 Å². The van der Waals surface area contributed by atoms with Crippen molar-refractivity contribution in [3.63, 3.8) is 0 Å². The molecule has 1 heterocycles. The molecule has 2 rings (SSSR count). The average molecular weight is 267 g/mol. The van der Waals surface area contributed by atoms with Gasteiger partial charge in [0.15, 0.2) is 0 Å². The van der Waals surface area contributed by atoms with Gasteiger partial charge in [0.1, 0.15) is 0 Å². The summed E-state index contributed by atoms with van der Waals surface area (Å²) >= 11 is 1.68. The lowest BCUT2D eigenvalue weighted by Gasteiger charge is -2.17. The molecule has 1 saturated carbocycles. The minimum atomic E-state index is -0.363. The van der Waals surface area contributed by atoms with Crippen molar-refractivity contribution in [2.45, 2.75) is 44.6 Å². The number of nitrogens with one attached hydrogen (secondary N) is 1. The number of carbonyl (C=O) groups is 1. The summed E-state index contributed by atoms with van der Waals surface area (Å²) in [4.78, 5) is 12.9. The molecule has 1 aromatic heterocycles. The van der Waals surface area contributed by atoms with Crippen LogP contribution in [0.5, 0.6) is 0 Å². The number of amides is 1. The van der Waals surface area contributed by atoms with Crippen LogP contribution in [0, 0.1) is 5.92 Å². The standard InChI is InChI=1S/C14H21NO2S/c16-13(11-4-1-2-5-11)10-15-14(17)8-7-12-6-3-9-18-12/h3,6,9,11,13,16H,1-2,4-5,7-8,10H2,(H,15,17). The van der Waals surface area contributed by atoms with Gasteiger partial charge in [-0.2, -0.15) is 0 Å². The smallest absolute Gasteiger partial charge is 0.220 e. The van der Waals surface area contributed by atoms with E-state index >= 15 is 0 Å². The molecule has 18 heavy (non-hydrogen) atoms. The molecule has 0 bridgehead atoms. The number of thiophene rings is 1. The van der Waals surface area contributed by atoms with Crippen LogP contribution >= 0.6 is 11.3 Å². The van der Waals surface area contributed by atoms with E-state index in [1.54, 1.807) is 11.3 Å². The maximum Gasteiger partial charge on any atom is 0.220 e. The minimum absolute atomic E-state index is 0.0421. The largest absolute Gasteiger partial charge is 0.391 e. The zero-order valence-corrected chi connectivity index (χ0v) is 11.4. The van der Waals surface area contributed by atoms with Gasteiger partial charge in [0.25, 0.3) is 0 Å². The Morgan fingerprint density at radius 2 is 2.28 bits per heavy atom. The van der Waals surface area contributed by atoms with E-state index in [1.807, 2.05) is 17.5 Å². The number of hydrogen-bond acceptors (Lipinski definition) is 3. The molecular formula is C14H21NO2S. The van der Waals surface area contributed by atoms with Crippen LogP contribution in [-0.4, -0.2) is 23.7 Å². The summed E-state index contributed by atoms with van der Waals surface area (Å²) in [5.41, 5.74) is 0. The Labute approximate surface area is 112 Å². The van der Waals surface area contributed by atoms with Crippen molar-refractivity contribution in [2.75, 3.05) is 6.54 Å². The summed E-state index contributed by atoms with van der Waals surface area (Å²) in [6, 6.07) is 4.05. The molecule has 1 fully saturated rings. The van der Waals surface area contributed by atoms with Crippen LogP contribution in [0.4, 0.5) is 0 Å². The number of aliphatic hydroxyl groups is 1. The Balaban J connectivity index is 1.62. The maximum atomic E-state index is 11.6. The van der Waals surface area contributed by atoms with Crippen molar-refractivity contribution < 1.29 is 9.90 Å². The summed E-state index contributed by atoms with van der Waals surface area (Å²) in [7, 11) is 0. The third-order valence-electron chi connectivity index (χ3n) is 3.63. The van der Waals surface area contributed by atoms with Gasteiger partial charge in [-0.15, -0.1) is 11.3 Å². The van der Waals surface area contributed by atoms with Crippen molar-refractivity contribution in [2.24, 2.45) is 5.92 Å². The second-order valence-corrected chi connectivity index (χ2v) is 6.03. The van der Waals surface area contributed by atoms with E-state index in [1.165, 1.54) is 17.7 Å². The Morgan fingerprint density at radius 1 is 1.50 bits per heavy atom. The molecule has 100 valence electrons. The number of rotatable bonds is 6. The number of hydrogen-bond donors (Lipinski definition) is 2. The Bertz CT molecular complexity index is 358. The van der Waals surface area contributed by atoms with Crippen LogP contribution in [0.2, 0.25) is 0 Å². The Morgan fingerprint density at radius 3 is 2.94 bits per heavy atom. The first-order valence-corrected chi connectivity index (χ1v) is 7.61. The first-order chi connectivity index (χ1) is 8.75. The molecular weight excluding hydrogens is 246 g/mol. The van der Waals surface area contributed by atoms with Gasteiger partial charge in [-0.3, -0.25) is 4.79 Å². The van der Waals surface area contributed by atoms with Crippen molar-refractivity contribution in [3.05, 3.63) is 22.4 Å². The highest BCUT2D eigenvalue weighted by Gasteiger charge is 2.23. The molecule has 0 saturated heterocycles. The molecule has 1 aliphatic rings. The lowest BCUT2D eigenvalue weighted by molar-refractivity contribution is -0.121. The second-order valence-electron chi connectivity index (χ2n) is 5.00. The van der Waals surface area contributed by atoms with Crippen molar-refractivity contribution >= 4 is 17.2 Å². The van der Waals surface area contributed by atoms with Gasteiger partial charge in [0, 0.05) is 17.8 Å². The van der Waals surface area contributed by atoms with Crippen LogP contribution < -0.4 is 5.32 Å². The lowest BCUT2D eigenvalue weighted by Crippen LogP contribution is -2.35. The molecule has 1 unspecified atom stereocenters. The minimum Gasteiger partial charge on any atom is -0.391 e. The third kappa shape index (κ3) is 4.10. The molecule has 4 heteroatoms. The van der Waals surface area contributed by atoms with Crippen molar-refractivity contribution in [1.29, 1.82) is 0 Å². The lowest BCUT2D eigenvalue weighted by atomic mass is 10.0. The summed E-state index contributed by atoms with van der Waals surface area (Å²) in [5.74, 6) is 0.433. The van der Waals surface area contributed by atoms with Crippen LogP contribution in [-0.2, 0) is 11.2 Å². The van der Waals surface area contributed by atoms with E-state index in [0.29, 0.717) is 18.9 Å². The third-order valence-corrected chi connectivity index (χ3v) is 4.57. The molecule has 0 radical (unpaired) electrons. The van der Waals surface area contributed by atoms with Crippen molar-refractivity contribution in [3.8, 4) is 0 Å². The highest BCUT2D eigenvalue weighted by molar-refractivity contribution is 7.09. The summed E-state index contributed by atoms with van der Waals surface area (Å²) in [5, 5.41) is 14.8. The molecule has 1 aliphatic carbocycles. The summed E-state index contributed by atoms with van der Waals surface area (Å²) in [6.45, 7) is 0.411. The van der Waals surface area contributed by atoms with Gasteiger partial charge in [0.2, 0.25) is 5.91 Å². The van der Waals surface area contributed by atoms with Gasteiger partial charge in [0.05, 0.1) is 6.10 Å². The van der Waals surface area contributed by atoms with E-state index < -0.39 is 0 Å². The van der Waals surface area contributed by atoms with Crippen LogP contribution in [0.3, 0.4) is 0 Å². The summed E-state index contributed by atoms with van der Waals surface area (Å²) < 4.78 is 0. The normalized spacial score (nSPS) is 17.8. The number of carbonyl (C=O) groups excluding carboxylic acids is 1. The number of aliphatic hydroxyl groups excluding tert-OH is 1. The van der Waals surface area contributed by atoms with Crippen LogP contribution in [0.25, 0.3) is 0 Å². The van der Waals surface area contributed by atoms with Crippen LogP contribution in [0.1, 0.15) is 37.0 Å². The maximum absolute atomic E-state index is 11.6. The zero-order valence-electron chi connectivity index (χ0n) is 10.6. The predicted molar refractivity (Wildman–Crippen MR) is 73.6 cm³/mol. The second kappa shape index (κ2) is 6.90. The molecule has 0 aromatic carbocycles. The molecule has 0 spiro atoms. The van der Waals surface area contributed by atoms with Gasteiger partial charge in [-0.25, -0.2) is 0 Å². The number of aryl methyl sites for hydroxylation is 1. The highest BCUT2D eigenvalue weighted by atomic mass is 32.1. The van der Waals surface area contributed by atoms with E-state index in [4.69, 9.17) is 0 Å². The Kier molecular flexibility index (Phi) is 5.20. The molecule has 1 aromatic rings. The zero-order chi connectivity index (χ0) is 12.8. The van der Waals surface area contributed by atoms with Gasteiger partial charge in [-0.1, -0.05) is 18.9 Å². The van der Waals surface area contributed by atoms with E-state index in [9.17, 15) is 9.90 Å². The SMILES string of the molecule is O=C(CCc1cccs1)NCC(O)C1CCCC1. The average Bonchev–Trinajstić information content (AvgIpc) is 3.05. The highest BCUT2D eigenvalue weighted by Crippen LogP contribution is 2.27. The fraction of sp³-hybridized carbons (Fsp3) is 0.643. The quantitative estimate of drug-likeness (QED) is 0.831. The first-order valence-electron chi connectivity index (χ1n) is 6.73. The van der Waals surface area contributed by atoms with E-state index in [2.05, 4.69) is 5.32 Å². The Hall–Kier alpha value is -0.870. The summed E-state index contributed by atoms with van der Waals surface area (Å²) in [6.07, 6.45) is 5.58. The monoisotopic (exact) mass is 267 g/mol. The molecule has 3 nitrogen and oxygen atoms in total. The molecule has 1 amide bonds. The van der Waals surface area contributed by atoms with Crippen molar-refractivity contribution in [1.82, 2.24) is 5.32 Å². The van der Waals surface area contributed by atoms with Gasteiger partial charge < -0.3 is 10.4 Å². The molecule has 0 aliphatic heterocycles. The first kappa shape index (κ1) is 13.6.